The quantitative estimate of drug-likeness (QED) is 0.161. The van der Waals surface area contributed by atoms with Gasteiger partial charge in [-0.1, -0.05) is 206 Å². The average molecular weight is 689 g/mol. The Bertz CT molecular complexity index is 2550. The number of benzene rings is 10. The highest BCUT2D eigenvalue weighted by Gasteiger charge is 2.25. The Hall–Kier alpha value is -6.76. The molecule has 0 aromatic heterocycles. The molecule has 0 heterocycles. The van der Waals surface area contributed by atoms with E-state index in [-0.39, 0.29) is 0 Å². The van der Waals surface area contributed by atoms with Crippen LogP contribution in [-0.2, 0) is 0 Å². The summed E-state index contributed by atoms with van der Waals surface area (Å²) in [5, 5.41) is 10.4. The lowest BCUT2D eigenvalue weighted by Gasteiger charge is -2.25. The summed E-state index contributed by atoms with van der Waals surface area (Å²) >= 11 is 0. The minimum Gasteiger partial charge on any atom is -0.0622 e. The van der Waals surface area contributed by atoms with Gasteiger partial charge in [0.2, 0.25) is 0 Å². The Morgan fingerprint density at radius 3 is 0.648 bits per heavy atom. The van der Waals surface area contributed by atoms with E-state index in [0.717, 1.165) is 0 Å². The molecule has 0 bridgehead atoms. The highest BCUT2D eigenvalue weighted by molar-refractivity contribution is 6.33. The summed E-state index contributed by atoms with van der Waals surface area (Å²) in [7, 11) is 0. The summed E-state index contributed by atoms with van der Waals surface area (Å²) in [5.41, 5.74) is 12.7. The second-order valence-electron chi connectivity index (χ2n) is 14.1. The van der Waals surface area contributed by atoms with Gasteiger partial charge in [-0.25, -0.2) is 0 Å². The number of hydrogen-bond donors (Lipinski definition) is 0. The van der Waals surface area contributed by atoms with Crippen LogP contribution in [0.15, 0.2) is 206 Å². The van der Waals surface area contributed by atoms with Crippen LogP contribution >= 0.6 is 0 Å². The summed E-state index contributed by atoms with van der Waals surface area (Å²) in [5.74, 6) is 0. The van der Waals surface area contributed by atoms with Crippen LogP contribution in [0.4, 0.5) is 0 Å². The molecule has 0 atom stereocenters. The molecule has 10 aromatic rings. The molecule has 0 saturated carbocycles. The van der Waals surface area contributed by atoms with Gasteiger partial charge in [-0.3, -0.25) is 0 Å². The van der Waals surface area contributed by atoms with Crippen LogP contribution < -0.4 is 0 Å². The first-order chi connectivity index (χ1) is 26.7. The molecule has 10 rings (SSSR count). The molecule has 0 spiro atoms. The summed E-state index contributed by atoms with van der Waals surface area (Å²) in [4.78, 5) is 0. The molecule has 0 saturated heterocycles. The van der Waals surface area contributed by atoms with Crippen LogP contribution in [0.25, 0.3) is 87.6 Å². The molecule has 10 aromatic carbocycles. The zero-order valence-corrected chi connectivity index (χ0v) is 30.6. The Balaban J connectivity index is 0.000000272. The summed E-state index contributed by atoms with van der Waals surface area (Å²) in [6.07, 6.45) is 0. The number of aryl methyl sites for hydroxylation is 2. The summed E-state index contributed by atoms with van der Waals surface area (Å²) in [6, 6.07) is 74.6. The zero-order chi connectivity index (χ0) is 36.4. The van der Waals surface area contributed by atoms with Crippen LogP contribution in [-0.4, -0.2) is 0 Å². The van der Waals surface area contributed by atoms with Crippen LogP contribution in [0.3, 0.4) is 0 Å². The van der Waals surface area contributed by atoms with Crippen LogP contribution in [0.2, 0.25) is 0 Å². The first-order valence-corrected chi connectivity index (χ1v) is 18.8. The molecule has 0 radical (unpaired) electrons. The number of rotatable bonds is 4. The van der Waals surface area contributed by atoms with Crippen molar-refractivity contribution in [2.45, 2.75) is 13.8 Å². The van der Waals surface area contributed by atoms with Gasteiger partial charge in [0.05, 0.1) is 0 Å². The second kappa shape index (κ2) is 14.3. The van der Waals surface area contributed by atoms with Gasteiger partial charge in [-0.15, -0.1) is 0 Å². The normalized spacial score (nSPS) is 11.1. The predicted octanol–water partition coefficient (Wildman–Crippen LogP) is 15.3. The van der Waals surface area contributed by atoms with Crippen LogP contribution in [0, 0.1) is 13.8 Å². The summed E-state index contributed by atoms with van der Waals surface area (Å²) in [6.45, 7) is 4.31. The minimum atomic E-state index is 1.23. The molecule has 0 heteroatoms. The van der Waals surface area contributed by atoms with Crippen LogP contribution in [0.1, 0.15) is 11.1 Å². The van der Waals surface area contributed by atoms with Crippen molar-refractivity contribution in [1.82, 2.24) is 0 Å². The SMILES string of the molecule is Cc1ccc(C)c2ccccc12.c1ccc(-c2c3ccccc3c(-c3ccccc3)c3c(-c4ccccc4)c4ccccc4c(-c4ccccc4)c23)cc1. The fourth-order valence-corrected chi connectivity index (χ4v) is 8.35. The molecule has 0 amide bonds. The van der Waals surface area contributed by atoms with Crippen molar-refractivity contribution in [2.24, 2.45) is 0 Å². The fraction of sp³-hybridized carbons (Fsp3) is 0.0370. The average Bonchev–Trinajstić information content (AvgIpc) is 3.25. The maximum absolute atomic E-state index is 2.30. The predicted molar refractivity (Wildman–Crippen MR) is 234 cm³/mol. The van der Waals surface area contributed by atoms with Crippen molar-refractivity contribution < 1.29 is 0 Å². The summed E-state index contributed by atoms with van der Waals surface area (Å²) < 4.78 is 0. The maximum atomic E-state index is 2.30. The van der Waals surface area contributed by atoms with Crippen molar-refractivity contribution in [3.8, 4) is 44.5 Å². The van der Waals surface area contributed by atoms with E-state index in [0.29, 0.717) is 0 Å². The lowest BCUT2D eigenvalue weighted by atomic mass is 9.77. The highest BCUT2D eigenvalue weighted by Crippen LogP contribution is 2.53. The van der Waals surface area contributed by atoms with Gasteiger partial charge in [0.15, 0.2) is 0 Å². The lowest BCUT2D eigenvalue weighted by Crippen LogP contribution is -1.97. The Labute approximate surface area is 317 Å². The minimum absolute atomic E-state index is 1.23. The topological polar surface area (TPSA) is 0 Å². The van der Waals surface area contributed by atoms with Crippen molar-refractivity contribution in [1.29, 1.82) is 0 Å². The first-order valence-electron chi connectivity index (χ1n) is 18.8. The van der Waals surface area contributed by atoms with Gasteiger partial charge in [-0.05, 0) is 113 Å². The van der Waals surface area contributed by atoms with E-state index in [1.807, 2.05) is 0 Å². The van der Waals surface area contributed by atoms with Gasteiger partial charge in [0.25, 0.3) is 0 Å². The van der Waals surface area contributed by atoms with Crippen molar-refractivity contribution in [3.05, 3.63) is 217 Å². The molecular weight excluding hydrogens is 649 g/mol. The van der Waals surface area contributed by atoms with E-state index < -0.39 is 0 Å². The maximum Gasteiger partial charge on any atom is -0.000139 e. The van der Waals surface area contributed by atoms with Gasteiger partial charge in [0.1, 0.15) is 0 Å². The monoisotopic (exact) mass is 688 g/mol. The molecule has 256 valence electrons. The van der Waals surface area contributed by atoms with E-state index in [9.17, 15) is 0 Å². The van der Waals surface area contributed by atoms with Gasteiger partial charge < -0.3 is 0 Å². The smallest absolute Gasteiger partial charge is 0.000139 e. The van der Waals surface area contributed by atoms with E-state index in [1.165, 1.54) is 98.7 Å². The van der Waals surface area contributed by atoms with Crippen molar-refractivity contribution in [2.75, 3.05) is 0 Å². The van der Waals surface area contributed by atoms with E-state index in [4.69, 9.17) is 0 Å². The first kappa shape index (κ1) is 33.1. The number of fused-ring (bicyclic) bond motifs is 4. The third kappa shape index (κ3) is 5.83. The standard InChI is InChI=1S/C42H28.C12H12/c1-5-17-29(18-6-1)37-33-25-13-14-26-34(33)39(31-21-9-3-10-22-31)42-40(32-23-11-4-12-24-32)36-28-16-15-27-35(36)38(41(37)42)30-19-7-2-8-20-30;1-9-7-8-10(2)12-6-4-3-5-11(9)12/h1-28H;3-8H,1-2H3. The third-order valence-corrected chi connectivity index (χ3v) is 10.8. The van der Waals surface area contributed by atoms with E-state index in [2.05, 4.69) is 220 Å². The van der Waals surface area contributed by atoms with E-state index in [1.54, 1.807) is 0 Å². The largest absolute Gasteiger partial charge is 0.0622 e. The molecule has 0 aliphatic carbocycles. The third-order valence-electron chi connectivity index (χ3n) is 10.8. The van der Waals surface area contributed by atoms with Crippen LogP contribution in [0.5, 0.6) is 0 Å². The van der Waals surface area contributed by atoms with Gasteiger partial charge >= 0.3 is 0 Å². The molecule has 0 N–H and O–H groups in total. The molecular formula is C54H40. The zero-order valence-electron chi connectivity index (χ0n) is 30.6. The second-order valence-corrected chi connectivity index (χ2v) is 14.1. The van der Waals surface area contributed by atoms with Gasteiger partial charge in [0, 0.05) is 0 Å². The Morgan fingerprint density at radius 2 is 0.407 bits per heavy atom. The molecule has 0 fully saturated rings. The van der Waals surface area contributed by atoms with Crippen molar-refractivity contribution in [3.63, 3.8) is 0 Å². The molecule has 0 aliphatic rings. The molecule has 54 heavy (non-hydrogen) atoms. The van der Waals surface area contributed by atoms with Gasteiger partial charge in [-0.2, -0.15) is 0 Å². The lowest BCUT2D eigenvalue weighted by molar-refractivity contribution is 1.46. The highest BCUT2D eigenvalue weighted by atomic mass is 14.3. The Morgan fingerprint density at radius 1 is 0.204 bits per heavy atom. The fourth-order valence-electron chi connectivity index (χ4n) is 8.35. The van der Waals surface area contributed by atoms with E-state index >= 15 is 0 Å². The van der Waals surface area contributed by atoms with Crippen molar-refractivity contribution >= 4 is 43.1 Å². The number of hydrogen-bond acceptors (Lipinski definition) is 0. The molecule has 0 nitrogen and oxygen atoms in total. The Kier molecular flexibility index (Phi) is 8.79. The molecule has 0 aliphatic heterocycles. The molecule has 0 unspecified atom stereocenters.